The maximum absolute atomic E-state index is 13.1. The van der Waals surface area contributed by atoms with Gasteiger partial charge in [0.05, 0.1) is 35.8 Å². The molecule has 2 aromatic carbocycles. The zero-order valence-electron chi connectivity index (χ0n) is 18.9. The minimum absolute atomic E-state index is 0.0731. The zero-order chi connectivity index (χ0) is 24.4. The van der Waals surface area contributed by atoms with E-state index in [-0.39, 0.29) is 5.69 Å². The number of fused-ring (bicyclic) bond motifs is 1. The highest BCUT2D eigenvalue weighted by Gasteiger charge is 2.20. The molecule has 5 aromatic rings. The number of aromatic nitrogens is 4. The van der Waals surface area contributed by atoms with Crippen molar-refractivity contribution in [3.05, 3.63) is 89.9 Å². The van der Waals surface area contributed by atoms with Crippen LogP contribution >= 0.6 is 0 Å². The summed E-state index contributed by atoms with van der Waals surface area (Å²) in [5.41, 5.74) is 7.60. The molecular formula is C25H20N6O4. The second kappa shape index (κ2) is 9.10. The molecular weight excluding hydrogens is 448 g/mol. The Morgan fingerprint density at radius 2 is 1.80 bits per heavy atom. The molecule has 0 atom stereocenters. The van der Waals surface area contributed by atoms with Gasteiger partial charge in [-0.3, -0.25) is 20.4 Å². The van der Waals surface area contributed by atoms with Crippen LogP contribution in [0, 0.1) is 6.92 Å². The van der Waals surface area contributed by atoms with Gasteiger partial charge in [0.2, 0.25) is 0 Å². The fourth-order valence-corrected chi connectivity index (χ4v) is 3.68. The number of carbonyl (C=O) groups is 2. The molecule has 0 saturated heterocycles. The molecule has 2 amide bonds. The van der Waals surface area contributed by atoms with Crippen LogP contribution in [0.15, 0.2) is 77.4 Å². The number of nitrogens with zero attached hydrogens (tertiary/aromatic N) is 4. The zero-order valence-corrected chi connectivity index (χ0v) is 18.9. The summed E-state index contributed by atoms with van der Waals surface area (Å²) in [7, 11) is 1.57. The molecule has 35 heavy (non-hydrogen) atoms. The molecule has 0 fully saturated rings. The second-order valence-corrected chi connectivity index (χ2v) is 7.59. The van der Waals surface area contributed by atoms with Crippen molar-refractivity contribution >= 4 is 22.7 Å². The largest absolute Gasteiger partial charge is 0.497 e. The molecule has 3 heterocycles. The number of nitrogens with one attached hydrogen (secondary N) is 2. The Kier molecular flexibility index (Phi) is 5.68. The first-order valence-corrected chi connectivity index (χ1v) is 10.7. The summed E-state index contributed by atoms with van der Waals surface area (Å²) in [6.45, 7) is 1.71. The van der Waals surface area contributed by atoms with Crippen molar-refractivity contribution in [2.45, 2.75) is 6.92 Å². The van der Waals surface area contributed by atoms with Gasteiger partial charge in [-0.05, 0) is 43.3 Å². The number of amides is 2. The number of carbonyl (C=O) groups excluding carboxylic acids is 2. The fraction of sp³-hybridized carbons (Fsp3) is 0.0800. The molecule has 10 nitrogen and oxygen atoms in total. The third-order valence-corrected chi connectivity index (χ3v) is 5.43. The maximum atomic E-state index is 13.1. The van der Waals surface area contributed by atoms with Gasteiger partial charge in [-0.25, -0.2) is 9.67 Å². The van der Waals surface area contributed by atoms with Crippen molar-refractivity contribution < 1.29 is 18.7 Å². The lowest BCUT2D eigenvalue weighted by molar-refractivity contribution is 0.0844. The van der Waals surface area contributed by atoms with E-state index in [1.54, 1.807) is 56.5 Å². The van der Waals surface area contributed by atoms with Crippen LogP contribution in [0.1, 0.15) is 26.5 Å². The number of methoxy groups -OCH3 is 1. The fourth-order valence-electron chi connectivity index (χ4n) is 3.68. The van der Waals surface area contributed by atoms with Crippen LogP contribution in [0.5, 0.6) is 5.75 Å². The second-order valence-electron chi connectivity index (χ2n) is 7.59. The van der Waals surface area contributed by atoms with Crippen molar-refractivity contribution in [3.8, 4) is 22.9 Å². The summed E-state index contributed by atoms with van der Waals surface area (Å²) < 4.78 is 12.2. The first-order valence-electron chi connectivity index (χ1n) is 10.7. The summed E-state index contributed by atoms with van der Waals surface area (Å²) in [5.74, 6) is 0.0602. The van der Waals surface area contributed by atoms with Crippen LogP contribution in [-0.4, -0.2) is 38.9 Å². The highest BCUT2D eigenvalue weighted by molar-refractivity contribution is 6.08. The monoisotopic (exact) mass is 468 g/mol. The van der Waals surface area contributed by atoms with Gasteiger partial charge < -0.3 is 9.15 Å². The van der Waals surface area contributed by atoms with E-state index in [0.717, 1.165) is 0 Å². The summed E-state index contributed by atoms with van der Waals surface area (Å²) in [4.78, 5) is 30.4. The number of hydrogen-bond donors (Lipinski definition) is 2. The lowest BCUT2D eigenvalue weighted by Gasteiger charge is -2.10. The predicted molar refractivity (Wildman–Crippen MR) is 127 cm³/mol. The normalized spacial score (nSPS) is 10.8. The Morgan fingerprint density at radius 3 is 2.60 bits per heavy atom. The third kappa shape index (κ3) is 4.20. The summed E-state index contributed by atoms with van der Waals surface area (Å²) >= 11 is 0. The van der Waals surface area contributed by atoms with E-state index >= 15 is 0 Å². The molecule has 5 rings (SSSR count). The number of furan rings is 1. The number of rotatable bonds is 5. The van der Waals surface area contributed by atoms with E-state index in [4.69, 9.17) is 9.15 Å². The van der Waals surface area contributed by atoms with Crippen molar-refractivity contribution in [3.63, 3.8) is 0 Å². The minimum atomic E-state index is -0.602. The molecule has 3 aromatic heterocycles. The Bertz CT molecular complexity index is 1540. The van der Waals surface area contributed by atoms with Gasteiger partial charge in [-0.2, -0.15) is 0 Å². The topological polar surface area (TPSA) is 124 Å². The van der Waals surface area contributed by atoms with Crippen molar-refractivity contribution in [1.82, 2.24) is 30.8 Å². The number of ether oxygens (including phenoxy) is 1. The molecule has 0 unspecified atom stereocenters. The van der Waals surface area contributed by atoms with Crippen molar-refractivity contribution in [1.29, 1.82) is 0 Å². The van der Waals surface area contributed by atoms with Crippen LogP contribution < -0.4 is 15.6 Å². The highest BCUT2D eigenvalue weighted by atomic mass is 16.5. The average Bonchev–Trinajstić information content (AvgIpc) is 3.57. The predicted octanol–water partition coefficient (Wildman–Crippen LogP) is 3.47. The smallest absolute Gasteiger partial charge is 0.292 e. The summed E-state index contributed by atoms with van der Waals surface area (Å²) in [5, 5.41) is 8.68. The molecule has 0 radical (unpaired) electrons. The van der Waals surface area contributed by atoms with Gasteiger partial charge in [-0.1, -0.05) is 29.5 Å². The number of hydrazine groups is 1. The van der Waals surface area contributed by atoms with Gasteiger partial charge in [0.25, 0.3) is 11.8 Å². The number of hydrogen-bond acceptors (Lipinski definition) is 7. The van der Waals surface area contributed by atoms with E-state index in [0.29, 0.717) is 45.1 Å². The Balaban J connectivity index is 1.38. The van der Waals surface area contributed by atoms with Crippen LogP contribution in [0.2, 0.25) is 0 Å². The average molecular weight is 468 g/mol. The molecule has 2 N–H and O–H groups in total. The molecule has 174 valence electrons. The Morgan fingerprint density at radius 1 is 0.971 bits per heavy atom. The van der Waals surface area contributed by atoms with Gasteiger partial charge >= 0.3 is 0 Å². The van der Waals surface area contributed by atoms with E-state index in [2.05, 4.69) is 26.1 Å². The molecule has 0 saturated carbocycles. The molecule has 0 spiro atoms. The van der Waals surface area contributed by atoms with Crippen LogP contribution in [0.3, 0.4) is 0 Å². The maximum Gasteiger partial charge on any atom is 0.292 e. The first-order chi connectivity index (χ1) is 17.0. The lowest BCUT2D eigenvalue weighted by atomic mass is 10.1. The molecule has 0 aliphatic carbocycles. The van der Waals surface area contributed by atoms with E-state index in [9.17, 15) is 9.59 Å². The van der Waals surface area contributed by atoms with Gasteiger partial charge in [-0.15, -0.1) is 5.10 Å². The van der Waals surface area contributed by atoms with E-state index in [1.165, 1.54) is 10.9 Å². The van der Waals surface area contributed by atoms with Gasteiger partial charge in [0.15, 0.2) is 11.5 Å². The first kappa shape index (κ1) is 21.8. The number of benzene rings is 2. The lowest BCUT2D eigenvalue weighted by Crippen LogP contribution is -2.42. The van der Waals surface area contributed by atoms with E-state index in [1.807, 2.05) is 24.3 Å². The molecule has 0 aliphatic heterocycles. The molecule has 10 heteroatoms. The molecule has 0 aliphatic rings. The Hall–Kier alpha value is -4.99. The van der Waals surface area contributed by atoms with E-state index < -0.39 is 11.8 Å². The quantitative estimate of drug-likeness (QED) is 0.379. The Labute approximate surface area is 199 Å². The van der Waals surface area contributed by atoms with Gasteiger partial charge in [0, 0.05) is 11.5 Å². The van der Waals surface area contributed by atoms with Crippen molar-refractivity contribution in [2.75, 3.05) is 7.11 Å². The standard InChI is InChI=1S/C25H20N6O4/c1-15-23(27-30-31(15)16-7-5-8-17(13-16)34-2)25(33)29-28-24(32)19-14-21(22-11-6-12-35-22)26-20-10-4-3-9-18(19)20/h3-14H,1-2H3,(H,28,32)(H,29,33). The summed E-state index contributed by atoms with van der Waals surface area (Å²) in [6, 6.07) is 19.6. The van der Waals surface area contributed by atoms with Crippen molar-refractivity contribution in [2.24, 2.45) is 0 Å². The van der Waals surface area contributed by atoms with Crippen LogP contribution in [0.4, 0.5) is 0 Å². The highest BCUT2D eigenvalue weighted by Crippen LogP contribution is 2.25. The van der Waals surface area contributed by atoms with Gasteiger partial charge in [0.1, 0.15) is 11.4 Å². The SMILES string of the molecule is COc1cccc(-n2nnc(C(=O)NNC(=O)c3cc(-c4ccco4)nc4ccccc34)c2C)c1. The third-order valence-electron chi connectivity index (χ3n) is 5.43. The van der Waals surface area contributed by atoms with Crippen LogP contribution in [-0.2, 0) is 0 Å². The summed E-state index contributed by atoms with van der Waals surface area (Å²) in [6.07, 6.45) is 1.53. The minimum Gasteiger partial charge on any atom is -0.497 e. The number of pyridine rings is 1. The molecule has 0 bridgehead atoms. The number of para-hydroxylation sites is 1. The van der Waals surface area contributed by atoms with Crippen LogP contribution in [0.25, 0.3) is 28.0 Å².